The maximum atomic E-state index is 5.80. The summed E-state index contributed by atoms with van der Waals surface area (Å²) in [6.45, 7) is 1.91. The molecule has 0 saturated carbocycles. The van der Waals surface area contributed by atoms with E-state index in [-0.39, 0.29) is 0 Å². The predicted octanol–water partition coefficient (Wildman–Crippen LogP) is 0.0267. The van der Waals surface area contributed by atoms with E-state index in [0.717, 1.165) is 8.44 Å². The molecule has 0 radical (unpaired) electrons. The molecule has 0 aromatic carbocycles. The second kappa shape index (κ2) is 3.27. The maximum Gasteiger partial charge on any atom is 0.0994 e. The molecule has 1 heterocycles. The van der Waals surface area contributed by atoms with Gasteiger partial charge in [-0.25, -0.2) is 0 Å². The van der Waals surface area contributed by atoms with Crippen molar-refractivity contribution in [2.45, 2.75) is 6.92 Å². The molecule has 0 saturated heterocycles. The highest BCUT2D eigenvalue weighted by Crippen LogP contribution is 2.30. The van der Waals surface area contributed by atoms with Crippen molar-refractivity contribution >= 4 is 38.1 Å². The lowest BCUT2D eigenvalue weighted by Gasteiger charge is -2.19. The average molecular weight is 298 g/mol. The van der Waals surface area contributed by atoms with E-state index in [0.29, 0.717) is 16.4 Å². The van der Waals surface area contributed by atoms with Crippen molar-refractivity contribution in [2.24, 2.45) is 22.3 Å². The van der Waals surface area contributed by atoms with Gasteiger partial charge in [-0.1, -0.05) is 10.7 Å². The lowest BCUT2D eigenvalue weighted by atomic mass is 10.3. The minimum atomic E-state index is -0.557. The predicted molar refractivity (Wildman–Crippen MR) is 63.1 cm³/mol. The zero-order valence-corrected chi connectivity index (χ0v) is 9.57. The zero-order valence-electron chi connectivity index (χ0n) is 6.60. The van der Waals surface area contributed by atoms with Gasteiger partial charge in [0.2, 0.25) is 0 Å². The van der Waals surface area contributed by atoms with Crippen molar-refractivity contribution in [1.29, 1.82) is 0 Å². The van der Waals surface area contributed by atoms with Crippen LogP contribution in [0.4, 0.5) is 0 Å². The fraction of sp³-hybridized carbons (Fsp3) is 0.167. The smallest absolute Gasteiger partial charge is 0.0994 e. The van der Waals surface area contributed by atoms with Crippen LogP contribution in [0.25, 0.3) is 0 Å². The summed E-state index contributed by atoms with van der Waals surface area (Å²) in [5.74, 6) is 0. The molecule has 1 atom stereocenters. The maximum absolute atomic E-state index is 5.80. The Morgan fingerprint density at radius 1 is 1.17 bits per heavy atom. The van der Waals surface area contributed by atoms with Gasteiger partial charge in [0.05, 0.1) is 16.4 Å². The summed E-state index contributed by atoms with van der Waals surface area (Å²) in [5, 5.41) is 6.29. The van der Waals surface area contributed by atoms with Crippen LogP contribution in [0.1, 0.15) is 6.92 Å². The van der Waals surface area contributed by atoms with E-state index in [1.165, 1.54) is 0 Å². The highest BCUT2D eigenvalue weighted by atomic mass is 127. The molecule has 0 spiro atoms. The van der Waals surface area contributed by atoms with E-state index >= 15 is 0 Å². The molecule has 0 bridgehead atoms. The Kier molecular flexibility index (Phi) is 2.69. The van der Waals surface area contributed by atoms with Crippen LogP contribution in [0.3, 0.4) is 0 Å². The number of allylic oxidation sites excluding steroid dienone is 1. The molecule has 0 aliphatic carbocycles. The zero-order chi connectivity index (χ0) is 9.46. The van der Waals surface area contributed by atoms with Crippen LogP contribution in [-0.4, -0.2) is 4.86 Å². The summed E-state index contributed by atoms with van der Waals surface area (Å²) < 4.78 is 0.921. The lowest BCUT2D eigenvalue weighted by molar-refractivity contribution is 1.21. The van der Waals surface area contributed by atoms with Crippen molar-refractivity contribution in [3.05, 3.63) is 20.0 Å². The Balaban J connectivity index is 3.43. The Bertz CT molecular complexity index is 230. The van der Waals surface area contributed by atoms with E-state index in [1.54, 1.807) is 0 Å². The van der Waals surface area contributed by atoms with Gasteiger partial charge in [-0.2, -0.15) is 0 Å². The van der Waals surface area contributed by atoms with Gasteiger partial charge in [-0.05, 0) is 29.5 Å². The van der Waals surface area contributed by atoms with Crippen molar-refractivity contribution in [2.75, 3.05) is 0 Å². The van der Waals surface area contributed by atoms with Gasteiger partial charge in [0.15, 0.2) is 0 Å². The number of hydrogen-bond acceptors (Lipinski definition) is 4. The van der Waals surface area contributed by atoms with E-state index in [2.05, 4.69) is 22.6 Å². The SMILES string of the molecule is CC1=S(N)C(N)=C(N)C(N)=C1I. The first-order valence-electron chi connectivity index (χ1n) is 3.20. The van der Waals surface area contributed by atoms with Gasteiger partial charge < -0.3 is 17.2 Å². The number of nitrogens with two attached hydrogens (primary N) is 4. The molecule has 4 nitrogen and oxygen atoms in total. The second-order valence-electron chi connectivity index (χ2n) is 2.40. The average Bonchev–Trinajstić information content (AvgIpc) is 2.08. The molecule has 0 aromatic rings. The Morgan fingerprint density at radius 2 is 1.67 bits per heavy atom. The third-order valence-electron chi connectivity index (χ3n) is 1.67. The van der Waals surface area contributed by atoms with Crippen LogP contribution < -0.4 is 22.3 Å². The molecule has 0 aromatic heterocycles. The molecule has 0 amide bonds. The van der Waals surface area contributed by atoms with Gasteiger partial charge in [-0.3, -0.25) is 5.14 Å². The Hall–Kier alpha value is -0.210. The van der Waals surface area contributed by atoms with Crippen LogP contribution in [-0.2, 0) is 0 Å². The molecule has 6 heteroatoms. The summed E-state index contributed by atoms with van der Waals surface area (Å²) in [7, 11) is -0.557. The molecule has 68 valence electrons. The van der Waals surface area contributed by atoms with E-state index in [4.69, 9.17) is 22.3 Å². The minimum absolute atomic E-state index is 0.427. The number of rotatable bonds is 0. The molecular formula is C6H11IN4S. The summed E-state index contributed by atoms with van der Waals surface area (Å²) in [6.07, 6.45) is 0. The van der Waals surface area contributed by atoms with Crippen molar-refractivity contribution < 1.29 is 0 Å². The molecule has 12 heavy (non-hydrogen) atoms. The second-order valence-corrected chi connectivity index (χ2v) is 5.21. The van der Waals surface area contributed by atoms with Gasteiger partial charge in [0.1, 0.15) is 0 Å². The van der Waals surface area contributed by atoms with Crippen LogP contribution in [0.5, 0.6) is 0 Å². The molecule has 1 rings (SSSR count). The minimum Gasteiger partial charge on any atom is -0.396 e. The molecular weight excluding hydrogens is 287 g/mol. The molecule has 0 fully saturated rings. The van der Waals surface area contributed by atoms with Crippen molar-refractivity contribution in [1.82, 2.24) is 0 Å². The fourth-order valence-electron chi connectivity index (χ4n) is 0.821. The van der Waals surface area contributed by atoms with E-state index < -0.39 is 10.7 Å². The molecule has 8 N–H and O–H groups in total. The summed E-state index contributed by atoms with van der Waals surface area (Å²) in [6, 6.07) is 0. The quantitative estimate of drug-likeness (QED) is 0.374. The third-order valence-corrected chi connectivity index (χ3v) is 4.98. The van der Waals surface area contributed by atoms with Crippen LogP contribution in [0, 0.1) is 0 Å². The highest BCUT2D eigenvalue weighted by molar-refractivity contribution is 14.1. The molecule has 1 unspecified atom stereocenters. The van der Waals surface area contributed by atoms with Crippen molar-refractivity contribution in [3.8, 4) is 0 Å². The summed E-state index contributed by atoms with van der Waals surface area (Å²) in [5.41, 5.74) is 18.0. The van der Waals surface area contributed by atoms with E-state index in [9.17, 15) is 0 Å². The number of halogens is 1. The van der Waals surface area contributed by atoms with Crippen LogP contribution in [0.2, 0.25) is 0 Å². The monoisotopic (exact) mass is 298 g/mol. The van der Waals surface area contributed by atoms with Crippen LogP contribution >= 0.6 is 33.3 Å². The van der Waals surface area contributed by atoms with Crippen molar-refractivity contribution in [3.63, 3.8) is 0 Å². The standard InChI is InChI=1S/C6H11IN4S/c1-2-3(7)4(8)5(9)6(10)12(2)11/h8-11H2,1H3. The van der Waals surface area contributed by atoms with Gasteiger partial charge >= 0.3 is 0 Å². The number of hydrogen-bond donors (Lipinski definition) is 4. The normalized spacial score (nSPS) is 25.2. The first-order valence-corrected chi connectivity index (χ1v) is 5.57. The highest BCUT2D eigenvalue weighted by Gasteiger charge is 2.17. The first-order chi connectivity index (χ1) is 5.46. The van der Waals surface area contributed by atoms with E-state index in [1.807, 2.05) is 6.92 Å². The first kappa shape index (κ1) is 9.87. The fourth-order valence-corrected chi connectivity index (χ4v) is 2.80. The van der Waals surface area contributed by atoms with Gasteiger partial charge in [-0.15, -0.1) is 0 Å². The Morgan fingerprint density at radius 3 is 2.17 bits per heavy atom. The summed E-state index contributed by atoms with van der Waals surface area (Å²) in [4.78, 5) is 1.000. The molecule has 1 aliphatic heterocycles. The largest absolute Gasteiger partial charge is 0.396 e. The summed E-state index contributed by atoms with van der Waals surface area (Å²) >= 11 is 2.12. The topological polar surface area (TPSA) is 104 Å². The Labute approximate surface area is 87.2 Å². The molecule has 1 aliphatic rings. The third kappa shape index (κ3) is 1.34. The lowest BCUT2D eigenvalue weighted by Crippen LogP contribution is -2.24. The van der Waals surface area contributed by atoms with Crippen LogP contribution in [0.15, 0.2) is 20.0 Å². The van der Waals surface area contributed by atoms with Gasteiger partial charge in [0, 0.05) is 8.44 Å². The van der Waals surface area contributed by atoms with Gasteiger partial charge in [0.25, 0.3) is 0 Å².